The molecule has 100 valence electrons. The van der Waals surface area contributed by atoms with Gasteiger partial charge in [-0.25, -0.2) is 0 Å². The Morgan fingerprint density at radius 1 is 1.39 bits per heavy atom. The Bertz CT molecular complexity index is 375. The van der Waals surface area contributed by atoms with Crippen molar-refractivity contribution in [3.63, 3.8) is 0 Å². The van der Waals surface area contributed by atoms with Crippen molar-refractivity contribution in [3.05, 3.63) is 35.4 Å². The van der Waals surface area contributed by atoms with Crippen LogP contribution >= 0.6 is 0 Å². The normalized spacial score (nSPS) is 11.6. The van der Waals surface area contributed by atoms with E-state index in [0.717, 1.165) is 25.4 Å². The highest BCUT2D eigenvalue weighted by molar-refractivity contribution is 5.54. The van der Waals surface area contributed by atoms with Gasteiger partial charge in [-0.15, -0.1) is 0 Å². The largest absolute Gasteiger partial charge is 0.494 e. The van der Waals surface area contributed by atoms with Gasteiger partial charge in [-0.05, 0) is 31.5 Å². The molecule has 3 heteroatoms. The van der Waals surface area contributed by atoms with E-state index in [1.807, 2.05) is 19.1 Å². The number of benzene rings is 1. The monoisotopic (exact) mass is 249 g/mol. The van der Waals surface area contributed by atoms with Crippen LogP contribution < -0.4 is 10.1 Å². The van der Waals surface area contributed by atoms with Crippen LogP contribution in [-0.4, -0.2) is 33.4 Å². The molecular formula is C15H23NO2. The van der Waals surface area contributed by atoms with Gasteiger partial charge in [-0.3, -0.25) is 0 Å². The van der Waals surface area contributed by atoms with Gasteiger partial charge in [0.1, 0.15) is 5.75 Å². The van der Waals surface area contributed by atoms with Crippen LogP contribution in [0.1, 0.15) is 19.4 Å². The van der Waals surface area contributed by atoms with Crippen molar-refractivity contribution in [2.45, 2.75) is 13.8 Å². The number of nitrogens with one attached hydrogen (secondary N) is 1. The van der Waals surface area contributed by atoms with Crippen LogP contribution in [0.15, 0.2) is 29.8 Å². The number of rotatable bonds is 8. The average molecular weight is 249 g/mol. The maximum absolute atomic E-state index is 5.48. The molecule has 0 fully saturated rings. The zero-order valence-electron chi connectivity index (χ0n) is 11.5. The summed E-state index contributed by atoms with van der Waals surface area (Å²) in [5.41, 5.74) is 2.46. The maximum atomic E-state index is 5.48. The molecule has 1 aromatic carbocycles. The van der Waals surface area contributed by atoms with E-state index in [2.05, 4.69) is 30.4 Å². The Kier molecular flexibility index (Phi) is 7.14. The summed E-state index contributed by atoms with van der Waals surface area (Å²) in [5.74, 6) is 0.923. The van der Waals surface area contributed by atoms with E-state index in [9.17, 15) is 0 Å². The molecule has 0 heterocycles. The first-order valence-electron chi connectivity index (χ1n) is 6.36. The van der Waals surface area contributed by atoms with Crippen molar-refractivity contribution in [2.75, 3.05) is 33.4 Å². The zero-order valence-corrected chi connectivity index (χ0v) is 11.5. The fourth-order valence-corrected chi connectivity index (χ4v) is 1.66. The fourth-order valence-electron chi connectivity index (χ4n) is 1.66. The first-order valence-corrected chi connectivity index (χ1v) is 6.36. The summed E-state index contributed by atoms with van der Waals surface area (Å²) >= 11 is 0. The summed E-state index contributed by atoms with van der Waals surface area (Å²) in [6.07, 6.45) is 2.17. The molecule has 1 aromatic rings. The molecule has 0 saturated heterocycles. The van der Waals surface area contributed by atoms with Crippen LogP contribution in [0, 0.1) is 0 Å². The van der Waals surface area contributed by atoms with E-state index in [0.29, 0.717) is 6.61 Å². The molecule has 1 rings (SSSR count). The van der Waals surface area contributed by atoms with Crippen molar-refractivity contribution in [2.24, 2.45) is 0 Å². The summed E-state index contributed by atoms with van der Waals surface area (Å²) in [6.45, 7) is 7.31. The van der Waals surface area contributed by atoms with Gasteiger partial charge in [0.05, 0.1) is 13.2 Å². The summed E-state index contributed by atoms with van der Waals surface area (Å²) in [7, 11) is 1.71. The summed E-state index contributed by atoms with van der Waals surface area (Å²) in [4.78, 5) is 0. The minimum atomic E-state index is 0.699. The molecule has 0 aliphatic heterocycles. The lowest BCUT2D eigenvalue weighted by Crippen LogP contribution is -2.20. The Balaban J connectivity index is 2.50. The molecule has 0 aliphatic carbocycles. The van der Waals surface area contributed by atoms with Crippen molar-refractivity contribution < 1.29 is 9.47 Å². The Morgan fingerprint density at radius 3 is 2.94 bits per heavy atom. The van der Waals surface area contributed by atoms with Gasteiger partial charge in [0, 0.05) is 20.2 Å². The van der Waals surface area contributed by atoms with E-state index >= 15 is 0 Å². The lowest BCUT2D eigenvalue weighted by molar-refractivity contribution is 0.200. The SMILES string of the molecule is CCOc1cccc(C=C(C)CNCCOC)c1. The van der Waals surface area contributed by atoms with E-state index in [1.165, 1.54) is 11.1 Å². The molecule has 0 atom stereocenters. The van der Waals surface area contributed by atoms with Crippen LogP contribution in [0.2, 0.25) is 0 Å². The molecule has 0 bridgehead atoms. The molecule has 0 aliphatic rings. The third-order valence-corrected chi connectivity index (χ3v) is 2.47. The summed E-state index contributed by atoms with van der Waals surface area (Å²) in [5, 5.41) is 3.32. The first-order chi connectivity index (χ1) is 8.76. The molecule has 3 nitrogen and oxygen atoms in total. The van der Waals surface area contributed by atoms with Gasteiger partial charge < -0.3 is 14.8 Å². The van der Waals surface area contributed by atoms with Crippen LogP contribution in [-0.2, 0) is 4.74 Å². The lowest BCUT2D eigenvalue weighted by atomic mass is 10.1. The standard InChI is InChI=1S/C15H23NO2/c1-4-18-15-7-5-6-14(11-15)10-13(2)12-16-8-9-17-3/h5-7,10-11,16H,4,8-9,12H2,1-3H3. The van der Waals surface area contributed by atoms with Crippen LogP contribution in [0.4, 0.5) is 0 Å². The highest BCUT2D eigenvalue weighted by atomic mass is 16.5. The third-order valence-electron chi connectivity index (χ3n) is 2.47. The second-order valence-electron chi connectivity index (χ2n) is 4.17. The van der Waals surface area contributed by atoms with E-state index in [-0.39, 0.29) is 0 Å². The van der Waals surface area contributed by atoms with Gasteiger partial charge in [0.25, 0.3) is 0 Å². The Hall–Kier alpha value is -1.32. The van der Waals surface area contributed by atoms with Crippen molar-refractivity contribution in [1.82, 2.24) is 5.32 Å². The van der Waals surface area contributed by atoms with E-state index in [4.69, 9.17) is 9.47 Å². The molecule has 0 aromatic heterocycles. The van der Waals surface area contributed by atoms with Crippen LogP contribution in [0.25, 0.3) is 6.08 Å². The molecule has 1 N–H and O–H groups in total. The second kappa shape index (κ2) is 8.72. The number of hydrogen-bond acceptors (Lipinski definition) is 3. The number of ether oxygens (including phenoxy) is 2. The van der Waals surface area contributed by atoms with E-state index < -0.39 is 0 Å². The minimum absolute atomic E-state index is 0.699. The molecule has 18 heavy (non-hydrogen) atoms. The predicted molar refractivity (Wildman–Crippen MR) is 76.0 cm³/mol. The topological polar surface area (TPSA) is 30.5 Å². The lowest BCUT2D eigenvalue weighted by Gasteiger charge is -2.06. The smallest absolute Gasteiger partial charge is 0.119 e. The Labute approximate surface area is 110 Å². The number of methoxy groups -OCH3 is 1. The molecular weight excluding hydrogens is 226 g/mol. The quantitative estimate of drug-likeness (QED) is 0.719. The molecule has 0 spiro atoms. The maximum Gasteiger partial charge on any atom is 0.119 e. The molecule has 0 amide bonds. The van der Waals surface area contributed by atoms with Crippen molar-refractivity contribution in [3.8, 4) is 5.75 Å². The molecule has 0 unspecified atom stereocenters. The Morgan fingerprint density at radius 2 is 2.22 bits per heavy atom. The summed E-state index contributed by atoms with van der Waals surface area (Å²) < 4.78 is 10.5. The highest BCUT2D eigenvalue weighted by Gasteiger charge is 1.95. The zero-order chi connectivity index (χ0) is 13.2. The summed E-state index contributed by atoms with van der Waals surface area (Å²) in [6, 6.07) is 8.14. The van der Waals surface area contributed by atoms with E-state index in [1.54, 1.807) is 7.11 Å². The predicted octanol–water partition coefficient (Wildman–Crippen LogP) is 2.72. The van der Waals surface area contributed by atoms with Crippen molar-refractivity contribution in [1.29, 1.82) is 0 Å². The minimum Gasteiger partial charge on any atom is -0.494 e. The van der Waals surface area contributed by atoms with Gasteiger partial charge in [0.15, 0.2) is 0 Å². The molecule has 0 radical (unpaired) electrons. The highest BCUT2D eigenvalue weighted by Crippen LogP contribution is 2.15. The average Bonchev–Trinajstić information content (AvgIpc) is 2.35. The fraction of sp³-hybridized carbons (Fsp3) is 0.467. The van der Waals surface area contributed by atoms with Gasteiger partial charge in [-0.2, -0.15) is 0 Å². The van der Waals surface area contributed by atoms with Gasteiger partial charge in [0.2, 0.25) is 0 Å². The third kappa shape index (κ3) is 5.84. The van der Waals surface area contributed by atoms with Gasteiger partial charge in [-0.1, -0.05) is 23.8 Å². The first kappa shape index (κ1) is 14.7. The van der Waals surface area contributed by atoms with Gasteiger partial charge >= 0.3 is 0 Å². The van der Waals surface area contributed by atoms with Crippen molar-refractivity contribution >= 4 is 6.08 Å². The second-order valence-corrected chi connectivity index (χ2v) is 4.17. The van der Waals surface area contributed by atoms with Crippen LogP contribution in [0.3, 0.4) is 0 Å². The number of hydrogen-bond donors (Lipinski definition) is 1. The molecule has 0 saturated carbocycles. The van der Waals surface area contributed by atoms with Crippen LogP contribution in [0.5, 0.6) is 5.75 Å².